The molecular weight excluding hydrogens is 286 g/mol. The van der Waals surface area contributed by atoms with Gasteiger partial charge < -0.3 is 0 Å². The van der Waals surface area contributed by atoms with Crippen LogP contribution >= 0.6 is 0 Å². The van der Waals surface area contributed by atoms with Crippen LogP contribution in [-0.2, 0) is 0 Å². The van der Waals surface area contributed by atoms with Crippen molar-refractivity contribution in [2.24, 2.45) is 0 Å². The van der Waals surface area contributed by atoms with E-state index in [4.69, 9.17) is 0 Å². The van der Waals surface area contributed by atoms with E-state index >= 15 is 0 Å². The molecule has 0 radical (unpaired) electrons. The Morgan fingerprint density at radius 1 is 0.550 bits per heavy atom. The highest BCUT2D eigenvalue weighted by Gasteiger charge is 2.20. The van der Waals surface area contributed by atoms with E-state index in [-0.39, 0.29) is 0 Å². The Hall–Kier alpha value is -2.38. The maximum atomic E-state index is 13.5. The minimum atomic E-state index is -1.78. The van der Waals surface area contributed by atoms with Crippen molar-refractivity contribution in [1.82, 2.24) is 9.97 Å². The van der Waals surface area contributed by atoms with Crippen LogP contribution in [-0.4, -0.2) is 9.97 Å². The van der Waals surface area contributed by atoms with Gasteiger partial charge >= 0.3 is 0 Å². The number of rotatable bonds is 0. The van der Waals surface area contributed by atoms with Crippen molar-refractivity contribution in [3.63, 3.8) is 0 Å². The fourth-order valence-corrected chi connectivity index (χ4v) is 1.77. The molecule has 102 valence electrons. The highest BCUT2D eigenvalue weighted by Crippen LogP contribution is 2.25. The van der Waals surface area contributed by atoms with Crippen LogP contribution in [0.2, 0.25) is 0 Å². The molecule has 0 aliphatic heterocycles. The Balaban J connectivity index is 2.53. The maximum absolute atomic E-state index is 13.5. The Bertz CT molecular complexity index is 804. The first-order valence-corrected chi connectivity index (χ1v) is 5.18. The second-order valence-electron chi connectivity index (χ2n) is 3.93. The zero-order valence-electron chi connectivity index (χ0n) is 9.32. The Labute approximate surface area is 106 Å². The van der Waals surface area contributed by atoms with Gasteiger partial charge in [0.1, 0.15) is 11.0 Å². The molecule has 0 unspecified atom stereocenters. The van der Waals surface area contributed by atoms with E-state index in [2.05, 4.69) is 9.97 Å². The summed E-state index contributed by atoms with van der Waals surface area (Å²) in [7, 11) is 0. The van der Waals surface area contributed by atoms with Crippen molar-refractivity contribution in [2.45, 2.75) is 0 Å². The molecule has 1 aromatic heterocycles. The SMILES string of the molecule is Fc1cc2nc3c(F)c(F)c(F)cc3nc2c(F)c1F. The van der Waals surface area contributed by atoms with Gasteiger partial charge in [-0.25, -0.2) is 36.3 Å². The van der Waals surface area contributed by atoms with Crippen molar-refractivity contribution >= 4 is 22.1 Å². The molecule has 3 rings (SSSR count). The molecule has 0 amide bonds. The summed E-state index contributed by atoms with van der Waals surface area (Å²) in [5.74, 6) is -9.94. The quantitative estimate of drug-likeness (QED) is 0.359. The summed E-state index contributed by atoms with van der Waals surface area (Å²) in [6.45, 7) is 0. The predicted octanol–water partition coefficient (Wildman–Crippen LogP) is 3.62. The molecule has 0 aliphatic carbocycles. The first kappa shape index (κ1) is 12.6. The van der Waals surface area contributed by atoms with Crippen molar-refractivity contribution in [3.05, 3.63) is 47.0 Å². The lowest BCUT2D eigenvalue weighted by atomic mass is 10.2. The third-order valence-corrected chi connectivity index (χ3v) is 2.70. The lowest BCUT2D eigenvalue weighted by Crippen LogP contribution is -2.00. The summed E-state index contributed by atoms with van der Waals surface area (Å²) in [6.07, 6.45) is 0. The van der Waals surface area contributed by atoms with Gasteiger partial charge in [-0.05, 0) is 0 Å². The van der Waals surface area contributed by atoms with Crippen LogP contribution in [0.15, 0.2) is 12.1 Å². The summed E-state index contributed by atoms with van der Waals surface area (Å²) in [5.41, 5.74) is -2.44. The van der Waals surface area contributed by atoms with E-state index in [1.165, 1.54) is 0 Å². The molecule has 1 heterocycles. The molecule has 0 fully saturated rings. The van der Waals surface area contributed by atoms with E-state index in [1.807, 2.05) is 0 Å². The zero-order chi connectivity index (χ0) is 14.6. The molecular formula is C12H2F6N2. The van der Waals surface area contributed by atoms with Gasteiger partial charge in [0, 0.05) is 12.1 Å². The van der Waals surface area contributed by atoms with Crippen LogP contribution < -0.4 is 0 Å². The molecule has 0 bridgehead atoms. The predicted molar refractivity (Wildman–Crippen MR) is 56.8 cm³/mol. The standard InChI is InChI=1S/C12H2F6N2/c13-3-1-5-11(9(17)7(3)15)20-6-2-4(14)8(16)10(18)12(6)19-5/h1-2H. The fourth-order valence-electron chi connectivity index (χ4n) is 1.77. The Kier molecular flexibility index (Phi) is 2.56. The van der Waals surface area contributed by atoms with E-state index in [1.54, 1.807) is 0 Å². The highest BCUT2D eigenvalue weighted by molar-refractivity contribution is 5.87. The molecule has 8 heteroatoms. The third-order valence-electron chi connectivity index (χ3n) is 2.70. The number of hydrogen-bond acceptors (Lipinski definition) is 2. The van der Waals surface area contributed by atoms with Crippen molar-refractivity contribution in [2.75, 3.05) is 0 Å². The molecule has 0 saturated carbocycles. The van der Waals surface area contributed by atoms with Crippen molar-refractivity contribution in [1.29, 1.82) is 0 Å². The van der Waals surface area contributed by atoms with Crippen LogP contribution in [0.25, 0.3) is 22.1 Å². The summed E-state index contributed by atoms with van der Waals surface area (Å²) < 4.78 is 79.2. The first-order chi connectivity index (χ1) is 9.40. The van der Waals surface area contributed by atoms with Crippen LogP contribution in [0.3, 0.4) is 0 Å². The molecule has 0 aliphatic rings. The van der Waals surface area contributed by atoms with Crippen LogP contribution in [0.5, 0.6) is 0 Å². The molecule has 2 nitrogen and oxygen atoms in total. The van der Waals surface area contributed by atoms with Crippen molar-refractivity contribution in [3.8, 4) is 0 Å². The largest absolute Gasteiger partial charge is 0.241 e. The summed E-state index contributed by atoms with van der Waals surface area (Å²) in [4.78, 5) is 6.90. The van der Waals surface area contributed by atoms with Gasteiger partial charge in [0.25, 0.3) is 0 Å². The molecule has 0 saturated heterocycles. The molecule has 3 aromatic rings. The van der Waals surface area contributed by atoms with E-state index in [9.17, 15) is 26.3 Å². The average Bonchev–Trinajstić information content (AvgIpc) is 2.42. The lowest BCUT2D eigenvalue weighted by Gasteiger charge is -2.05. The lowest BCUT2D eigenvalue weighted by molar-refractivity contribution is 0.450. The minimum Gasteiger partial charge on any atom is -0.241 e. The highest BCUT2D eigenvalue weighted by atomic mass is 19.2. The Morgan fingerprint density at radius 2 is 0.900 bits per heavy atom. The second kappa shape index (κ2) is 4.06. The molecule has 0 N–H and O–H groups in total. The maximum Gasteiger partial charge on any atom is 0.196 e. The normalized spacial score (nSPS) is 11.5. The van der Waals surface area contributed by atoms with Crippen LogP contribution in [0.4, 0.5) is 26.3 Å². The molecule has 2 aromatic carbocycles. The van der Waals surface area contributed by atoms with Gasteiger partial charge in [-0.1, -0.05) is 0 Å². The summed E-state index contributed by atoms with van der Waals surface area (Å²) >= 11 is 0. The van der Waals surface area contributed by atoms with Gasteiger partial charge in [-0.2, -0.15) is 0 Å². The monoisotopic (exact) mass is 288 g/mol. The van der Waals surface area contributed by atoms with Gasteiger partial charge in [0.2, 0.25) is 0 Å². The number of halogens is 6. The van der Waals surface area contributed by atoms with Crippen LogP contribution in [0.1, 0.15) is 0 Å². The van der Waals surface area contributed by atoms with E-state index in [0.717, 1.165) is 0 Å². The van der Waals surface area contributed by atoms with Gasteiger partial charge in [-0.15, -0.1) is 0 Å². The smallest absolute Gasteiger partial charge is 0.196 e. The number of benzene rings is 2. The van der Waals surface area contributed by atoms with Gasteiger partial charge in [0.05, 0.1) is 11.0 Å². The fraction of sp³-hybridized carbons (Fsp3) is 0. The number of aromatic nitrogens is 2. The second-order valence-corrected chi connectivity index (χ2v) is 3.93. The molecule has 0 atom stereocenters. The van der Waals surface area contributed by atoms with Crippen LogP contribution in [0, 0.1) is 34.9 Å². The topological polar surface area (TPSA) is 25.8 Å². The molecule has 0 spiro atoms. The average molecular weight is 288 g/mol. The first-order valence-electron chi connectivity index (χ1n) is 5.18. The summed E-state index contributed by atoms with van der Waals surface area (Å²) in [5, 5.41) is 0. The van der Waals surface area contributed by atoms with Gasteiger partial charge in [-0.3, -0.25) is 0 Å². The van der Waals surface area contributed by atoms with Gasteiger partial charge in [0.15, 0.2) is 34.9 Å². The zero-order valence-corrected chi connectivity index (χ0v) is 9.32. The number of nitrogens with zero attached hydrogens (tertiary/aromatic N) is 2. The summed E-state index contributed by atoms with van der Waals surface area (Å²) in [6, 6.07) is 0.974. The third kappa shape index (κ3) is 1.60. The Morgan fingerprint density at radius 3 is 1.25 bits per heavy atom. The molecule has 20 heavy (non-hydrogen) atoms. The van der Waals surface area contributed by atoms with E-state index < -0.39 is 57.0 Å². The number of hydrogen-bond donors (Lipinski definition) is 0. The van der Waals surface area contributed by atoms with Crippen molar-refractivity contribution < 1.29 is 26.3 Å². The van der Waals surface area contributed by atoms with E-state index in [0.29, 0.717) is 12.1 Å². The minimum absolute atomic E-state index is 0.487. The number of fused-ring (bicyclic) bond motifs is 2.